The van der Waals surface area contributed by atoms with E-state index < -0.39 is 0 Å². The SMILES string of the molecule is Cc1ccccc1-c1ccc2oc([C@@H]3CCCN3C(=O)c3ccco3)nc2c1. The number of benzene rings is 2. The Morgan fingerprint density at radius 3 is 2.86 bits per heavy atom. The number of hydrogen-bond donors (Lipinski definition) is 0. The molecule has 1 aliphatic rings. The van der Waals surface area contributed by atoms with Crippen molar-refractivity contribution in [2.45, 2.75) is 25.8 Å². The Kier molecular flexibility index (Phi) is 4.01. The summed E-state index contributed by atoms with van der Waals surface area (Å²) in [6.07, 6.45) is 3.28. The maximum Gasteiger partial charge on any atom is 0.290 e. The molecule has 0 radical (unpaired) electrons. The van der Waals surface area contributed by atoms with Crippen molar-refractivity contribution in [3.63, 3.8) is 0 Å². The van der Waals surface area contributed by atoms with Crippen LogP contribution in [-0.2, 0) is 0 Å². The zero-order valence-corrected chi connectivity index (χ0v) is 15.6. The van der Waals surface area contributed by atoms with Crippen LogP contribution in [0.1, 0.15) is 40.9 Å². The second-order valence-electron chi connectivity index (χ2n) is 7.18. The molecule has 4 aromatic rings. The molecule has 0 N–H and O–H groups in total. The van der Waals surface area contributed by atoms with Crippen LogP contribution in [0.15, 0.2) is 69.7 Å². The van der Waals surface area contributed by atoms with Crippen molar-refractivity contribution < 1.29 is 13.6 Å². The number of hydrogen-bond acceptors (Lipinski definition) is 4. The van der Waals surface area contributed by atoms with E-state index in [2.05, 4.69) is 31.2 Å². The Balaban J connectivity index is 1.49. The van der Waals surface area contributed by atoms with E-state index in [1.807, 2.05) is 18.2 Å². The molecule has 5 heteroatoms. The highest BCUT2D eigenvalue weighted by molar-refractivity contribution is 5.92. The van der Waals surface area contributed by atoms with Crippen molar-refractivity contribution in [3.8, 4) is 11.1 Å². The summed E-state index contributed by atoms with van der Waals surface area (Å²) in [4.78, 5) is 19.3. The van der Waals surface area contributed by atoms with Gasteiger partial charge in [-0.15, -0.1) is 0 Å². The van der Waals surface area contributed by atoms with Gasteiger partial charge in [0.25, 0.3) is 5.91 Å². The molecule has 2 aromatic carbocycles. The van der Waals surface area contributed by atoms with Crippen LogP contribution in [0, 0.1) is 6.92 Å². The number of nitrogens with zero attached hydrogens (tertiary/aromatic N) is 2. The maximum absolute atomic E-state index is 12.7. The van der Waals surface area contributed by atoms with Crippen LogP contribution in [-0.4, -0.2) is 22.3 Å². The van der Waals surface area contributed by atoms with Crippen LogP contribution >= 0.6 is 0 Å². The van der Waals surface area contributed by atoms with Crippen LogP contribution in [0.25, 0.3) is 22.2 Å². The number of amides is 1. The lowest BCUT2D eigenvalue weighted by Crippen LogP contribution is -2.30. The molecule has 140 valence electrons. The van der Waals surface area contributed by atoms with Gasteiger partial charge in [-0.3, -0.25) is 4.79 Å². The summed E-state index contributed by atoms with van der Waals surface area (Å²) in [5.41, 5.74) is 5.07. The zero-order chi connectivity index (χ0) is 19.1. The van der Waals surface area contributed by atoms with Gasteiger partial charge in [-0.1, -0.05) is 30.3 Å². The van der Waals surface area contributed by atoms with Crippen molar-refractivity contribution in [1.29, 1.82) is 0 Å². The molecular weight excluding hydrogens is 352 g/mol. The quantitative estimate of drug-likeness (QED) is 0.485. The molecule has 2 aromatic heterocycles. The minimum atomic E-state index is -0.160. The monoisotopic (exact) mass is 372 g/mol. The van der Waals surface area contributed by atoms with E-state index in [4.69, 9.17) is 13.8 Å². The molecule has 28 heavy (non-hydrogen) atoms. The minimum Gasteiger partial charge on any atom is -0.459 e. The summed E-state index contributed by atoms with van der Waals surface area (Å²) in [6, 6.07) is 17.6. The third-order valence-electron chi connectivity index (χ3n) is 5.39. The average molecular weight is 372 g/mol. The highest BCUT2D eigenvalue weighted by Crippen LogP contribution is 2.35. The number of carbonyl (C=O) groups is 1. The molecule has 0 unspecified atom stereocenters. The highest BCUT2D eigenvalue weighted by atomic mass is 16.4. The molecule has 0 spiro atoms. The third-order valence-corrected chi connectivity index (χ3v) is 5.39. The number of carbonyl (C=O) groups excluding carboxylic acids is 1. The van der Waals surface area contributed by atoms with Crippen molar-refractivity contribution in [3.05, 3.63) is 78.1 Å². The summed E-state index contributed by atoms with van der Waals surface area (Å²) in [5.74, 6) is 0.828. The van der Waals surface area contributed by atoms with E-state index in [9.17, 15) is 4.79 Å². The predicted octanol–water partition coefficient (Wildman–Crippen LogP) is 5.37. The molecule has 5 rings (SSSR count). The van der Waals surface area contributed by atoms with Gasteiger partial charge in [0.2, 0.25) is 5.89 Å². The minimum absolute atomic E-state index is 0.115. The molecular formula is C23H20N2O3. The fourth-order valence-corrected chi connectivity index (χ4v) is 3.96. The number of likely N-dealkylation sites (tertiary alicyclic amines) is 1. The number of rotatable bonds is 3. The van der Waals surface area contributed by atoms with Crippen molar-refractivity contribution in [2.24, 2.45) is 0 Å². The lowest BCUT2D eigenvalue weighted by molar-refractivity contribution is 0.0684. The topological polar surface area (TPSA) is 59.5 Å². The molecule has 0 saturated carbocycles. The summed E-state index contributed by atoms with van der Waals surface area (Å²) >= 11 is 0. The van der Waals surface area contributed by atoms with Gasteiger partial charge in [-0.05, 0) is 60.7 Å². The molecule has 1 saturated heterocycles. The Morgan fingerprint density at radius 1 is 1.14 bits per heavy atom. The third kappa shape index (κ3) is 2.80. The molecule has 1 fully saturated rings. The lowest BCUT2D eigenvalue weighted by Gasteiger charge is -2.20. The largest absolute Gasteiger partial charge is 0.459 e. The van der Waals surface area contributed by atoms with Crippen molar-refractivity contribution >= 4 is 17.0 Å². The molecule has 0 bridgehead atoms. The number of aryl methyl sites for hydroxylation is 1. The molecule has 5 nitrogen and oxygen atoms in total. The molecule has 1 amide bonds. The second-order valence-corrected chi connectivity index (χ2v) is 7.18. The van der Waals surface area contributed by atoms with Gasteiger partial charge in [0.1, 0.15) is 11.6 Å². The van der Waals surface area contributed by atoms with Gasteiger partial charge in [0.05, 0.1) is 6.26 Å². The average Bonchev–Trinajstić information content (AvgIpc) is 3.47. The Labute approximate surface area is 162 Å². The highest BCUT2D eigenvalue weighted by Gasteiger charge is 2.35. The summed E-state index contributed by atoms with van der Waals surface area (Å²) in [7, 11) is 0. The van der Waals surface area contributed by atoms with E-state index in [1.54, 1.807) is 17.0 Å². The Hall–Kier alpha value is -3.34. The maximum atomic E-state index is 12.7. The van der Waals surface area contributed by atoms with E-state index >= 15 is 0 Å². The van der Waals surface area contributed by atoms with Crippen molar-refractivity contribution in [2.75, 3.05) is 6.54 Å². The van der Waals surface area contributed by atoms with Gasteiger partial charge in [-0.2, -0.15) is 0 Å². The Bertz CT molecular complexity index is 1140. The number of aromatic nitrogens is 1. The van der Waals surface area contributed by atoms with Gasteiger partial charge in [-0.25, -0.2) is 4.98 Å². The van der Waals surface area contributed by atoms with E-state index in [-0.39, 0.29) is 11.9 Å². The molecule has 1 atom stereocenters. The first-order valence-electron chi connectivity index (χ1n) is 9.52. The van der Waals surface area contributed by atoms with Crippen LogP contribution in [0.3, 0.4) is 0 Å². The van der Waals surface area contributed by atoms with Gasteiger partial charge >= 0.3 is 0 Å². The number of fused-ring (bicyclic) bond motifs is 1. The van der Waals surface area contributed by atoms with Crippen LogP contribution in [0.5, 0.6) is 0 Å². The lowest BCUT2D eigenvalue weighted by atomic mass is 10.0. The van der Waals surface area contributed by atoms with E-state index in [1.165, 1.54) is 17.4 Å². The second kappa shape index (κ2) is 6.68. The van der Waals surface area contributed by atoms with E-state index in [0.29, 0.717) is 18.2 Å². The van der Waals surface area contributed by atoms with Gasteiger partial charge in [0, 0.05) is 6.54 Å². The van der Waals surface area contributed by atoms with E-state index in [0.717, 1.165) is 29.5 Å². The summed E-state index contributed by atoms with van der Waals surface area (Å²) in [6.45, 7) is 2.78. The molecule has 1 aliphatic heterocycles. The fraction of sp³-hybridized carbons (Fsp3) is 0.217. The fourth-order valence-electron chi connectivity index (χ4n) is 3.96. The first kappa shape index (κ1) is 16.8. The normalized spacial score (nSPS) is 16.8. The standard InChI is InChI=1S/C23H20N2O3/c1-15-6-2-3-7-17(15)16-10-11-20-18(14-16)24-22(28-20)19-8-4-12-25(19)23(26)21-9-5-13-27-21/h2-3,5-7,9-11,13-14,19H,4,8,12H2,1H3/t19-/m0/s1. The smallest absolute Gasteiger partial charge is 0.290 e. The first-order chi connectivity index (χ1) is 13.7. The number of oxazole rings is 1. The van der Waals surface area contributed by atoms with Gasteiger partial charge < -0.3 is 13.7 Å². The predicted molar refractivity (Wildman–Crippen MR) is 106 cm³/mol. The number of furan rings is 1. The first-order valence-corrected chi connectivity index (χ1v) is 9.52. The van der Waals surface area contributed by atoms with Crippen LogP contribution < -0.4 is 0 Å². The van der Waals surface area contributed by atoms with Crippen molar-refractivity contribution in [1.82, 2.24) is 9.88 Å². The zero-order valence-electron chi connectivity index (χ0n) is 15.6. The van der Waals surface area contributed by atoms with Crippen LogP contribution in [0.4, 0.5) is 0 Å². The van der Waals surface area contributed by atoms with Crippen LogP contribution in [0.2, 0.25) is 0 Å². The summed E-state index contributed by atoms with van der Waals surface area (Å²) in [5, 5.41) is 0. The van der Waals surface area contributed by atoms with Gasteiger partial charge in [0.15, 0.2) is 11.3 Å². The summed E-state index contributed by atoms with van der Waals surface area (Å²) < 4.78 is 11.3. The molecule has 0 aliphatic carbocycles. The Morgan fingerprint density at radius 2 is 2.04 bits per heavy atom. The molecule has 3 heterocycles.